The van der Waals surface area contributed by atoms with E-state index >= 15 is 0 Å². The zero-order chi connectivity index (χ0) is 21.1. The molecular weight excluding hydrogens is 370 g/mol. The summed E-state index contributed by atoms with van der Waals surface area (Å²) in [6.07, 6.45) is 5.79. The van der Waals surface area contributed by atoms with Crippen LogP contribution in [-0.2, 0) is 22.0 Å². The van der Waals surface area contributed by atoms with Gasteiger partial charge in [0.15, 0.2) is 0 Å². The van der Waals surface area contributed by atoms with Crippen molar-refractivity contribution in [1.29, 1.82) is 0 Å². The molecule has 1 heterocycles. The number of rotatable bonds is 2. The van der Waals surface area contributed by atoms with Crippen LogP contribution in [0.3, 0.4) is 0 Å². The zero-order valence-corrected chi connectivity index (χ0v) is 18.4. The predicted octanol–water partition coefficient (Wildman–Crippen LogP) is 5.35. The molecule has 30 heavy (non-hydrogen) atoms. The first-order chi connectivity index (χ1) is 14.3. The molecule has 2 aliphatic carbocycles. The van der Waals surface area contributed by atoms with E-state index in [2.05, 4.69) is 56.0 Å². The normalized spacial score (nSPS) is 28.8. The van der Waals surface area contributed by atoms with Crippen molar-refractivity contribution in [2.75, 3.05) is 6.54 Å². The summed E-state index contributed by atoms with van der Waals surface area (Å²) in [5, 5.41) is 10.7. The number of piperidine rings is 1. The third-order valence-corrected chi connectivity index (χ3v) is 9.08. The molecular formula is C27H33NO2. The van der Waals surface area contributed by atoms with Crippen LogP contribution < -0.4 is 0 Å². The smallest absolute Gasteiger partial charge is 0.233 e. The van der Waals surface area contributed by atoms with Gasteiger partial charge in [-0.2, -0.15) is 0 Å². The van der Waals surface area contributed by atoms with Crippen LogP contribution in [0.4, 0.5) is 0 Å². The summed E-state index contributed by atoms with van der Waals surface area (Å²) in [4.78, 5) is 16.5. The number of nitrogens with zero attached hydrogens (tertiary/aromatic N) is 1. The van der Waals surface area contributed by atoms with E-state index in [1.165, 1.54) is 11.1 Å². The fourth-order valence-electron chi connectivity index (χ4n) is 6.81. The molecule has 0 aromatic heterocycles. The second kappa shape index (κ2) is 6.60. The minimum absolute atomic E-state index is 0.0453. The van der Waals surface area contributed by atoms with E-state index in [4.69, 9.17) is 0 Å². The molecule has 2 bridgehead atoms. The summed E-state index contributed by atoms with van der Waals surface area (Å²) in [6.45, 7) is 7.79. The molecule has 2 aromatic rings. The van der Waals surface area contributed by atoms with E-state index in [0.29, 0.717) is 11.7 Å². The number of phenols is 1. The number of likely N-dealkylation sites (tertiary alicyclic amines) is 1. The second-order valence-corrected chi connectivity index (χ2v) is 10.5. The first kappa shape index (κ1) is 19.7. The minimum Gasteiger partial charge on any atom is -0.508 e. The van der Waals surface area contributed by atoms with Crippen LogP contribution in [0.5, 0.6) is 5.75 Å². The molecule has 0 spiro atoms. The van der Waals surface area contributed by atoms with Gasteiger partial charge < -0.3 is 10.0 Å². The number of fused-ring (bicyclic) bond motifs is 4. The Hall–Kier alpha value is -2.29. The van der Waals surface area contributed by atoms with Crippen molar-refractivity contribution < 1.29 is 9.90 Å². The highest BCUT2D eigenvalue weighted by Gasteiger charge is 2.59. The highest BCUT2D eigenvalue weighted by molar-refractivity contribution is 5.89. The van der Waals surface area contributed by atoms with Gasteiger partial charge in [-0.3, -0.25) is 4.79 Å². The molecule has 1 saturated heterocycles. The van der Waals surface area contributed by atoms with E-state index < -0.39 is 0 Å². The van der Waals surface area contributed by atoms with Gasteiger partial charge in [-0.25, -0.2) is 0 Å². The number of carbonyl (C=O) groups is 1. The Morgan fingerprint density at radius 3 is 2.37 bits per heavy atom. The lowest BCUT2D eigenvalue weighted by atomic mass is 9.50. The number of hydrogen-bond acceptors (Lipinski definition) is 2. The SMILES string of the molecule is CC1(C)[C@H]2Cc3c(O)cccc3[C@]1(C)CCN2C(=O)C1(c2ccccc2)CCCC1. The molecule has 2 atom stereocenters. The van der Waals surface area contributed by atoms with Gasteiger partial charge in [0.25, 0.3) is 0 Å². The van der Waals surface area contributed by atoms with Crippen molar-refractivity contribution >= 4 is 5.91 Å². The summed E-state index contributed by atoms with van der Waals surface area (Å²) in [5.41, 5.74) is 3.01. The molecule has 1 aliphatic heterocycles. The molecule has 3 heteroatoms. The number of hydrogen-bond donors (Lipinski definition) is 1. The number of aromatic hydroxyl groups is 1. The Balaban J connectivity index is 1.59. The van der Waals surface area contributed by atoms with Gasteiger partial charge in [0.2, 0.25) is 5.91 Å². The second-order valence-electron chi connectivity index (χ2n) is 10.5. The minimum atomic E-state index is -0.385. The van der Waals surface area contributed by atoms with Crippen LogP contribution in [0.15, 0.2) is 48.5 Å². The van der Waals surface area contributed by atoms with Crippen molar-refractivity contribution in [3.8, 4) is 5.75 Å². The molecule has 1 amide bonds. The third kappa shape index (κ3) is 2.47. The summed E-state index contributed by atoms with van der Waals surface area (Å²) in [5.74, 6) is 0.692. The summed E-state index contributed by atoms with van der Waals surface area (Å²) >= 11 is 0. The van der Waals surface area contributed by atoms with Crippen LogP contribution >= 0.6 is 0 Å². The molecule has 1 saturated carbocycles. The summed E-state index contributed by atoms with van der Waals surface area (Å²) < 4.78 is 0. The maximum atomic E-state index is 14.3. The van der Waals surface area contributed by atoms with Crippen LogP contribution in [0.25, 0.3) is 0 Å². The molecule has 158 valence electrons. The third-order valence-electron chi connectivity index (χ3n) is 9.08. The van der Waals surface area contributed by atoms with Crippen molar-refractivity contribution in [3.63, 3.8) is 0 Å². The zero-order valence-electron chi connectivity index (χ0n) is 18.4. The Morgan fingerprint density at radius 2 is 1.67 bits per heavy atom. The number of amides is 1. The van der Waals surface area contributed by atoms with E-state index in [1.807, 2.05) is 12.1 Å². The van der Waals surface area contributed by atoms with Gasteiger partial charge in [0, 0.05) is 18.0 Å². The lowest BCUT2D eigenvalue weighted by Crippen LogP contribution is -2.66. The first-order valence-electron chi connectivity index (χ1n) is 11.5. The molecule has 1 N–H and O–H groups in total. The van der Waals surface area contributed by atoms with Gasteiger partial charge in [-0.15, -0.1) is 0 Å². The fourth-order valence-corrected chi connectivity index (χ4v) is 6.81. The Morgan fingerprint density at radius 1 is 0.967 bits per heavy atom. The van der Waals surface area contributed by atoms with Gasteiger partial charge >= 0.3 is 0 Å². The molecule has 0 radical (unpaired) electrons. The van der Waals surface area contributed by atoms with E-state index in [9.17, 15) is 9.90 Å². The van der Waals surface area contributed by atoms with Gasteiger partial charge in [0.05, 0.1) is 5.41 Å². The lowest BCUT2D eigenvalue weighted by Gasteiger charge is -2.61. The largest absolute Gasteiger partial charge is 0.508 e. The fraction of sp³-hybridized carbons (Fsp3) is 0.519. The average molecular weight is 404 g/mol. The van der Waals surface area contributed by atoms with E-state index in [-0.39, 0.29) is 22.3 Å². The van der Waals surface area contributed by atoms with Gasteiger partial charge in [-0.1, -0.05) is 76.1 Å². The van der Waals surface area contributed by atoms with E-state index in [1.54, 1.807) is 6.07 Å². The van der Waals surface area contributed by atoms with Crippen molar-refractivity contribution in [2.24, 2.45) is 5.41 Å². The predicted molar refractivity (Wildman–Crippen MR) is 120 cm³/mol. The molecule has 3 aliphatic rings. The molecule has 2 aromatic carbocycles. The highest BCUT2D eigenvalue weighted by Crippen LogP contribution is 2.58. The first-order valence-corrected chi connectivity index (χ1v) is 11.5. The van der Waals surface area contributed by atoms with Gasteiger partial charge in [-0.05, 0) is 53.9 Å². The average Bonchev–Trinajstić information content (AvgIpc) is 3.23. The van der Waals surface area contributed by atoms with Crippen LogP contribution in [0, 0.1) is 5.41 Å². The topological polar surface area (TPSA) is 40.5 Å². The maximum Gasteiger partial charge on any atom is 0.233 e. The Bertz CT molecular complexity index is 974. The molecule has 5 rings (SSSR count). The van der Waals surface area contributed by atoms with Crippen molar-refractivity contribution in [2.45, 2.75) is 76.2 Å². The van der Waals surface area contributed by atoms with Crippen molar-refractivity contribution in [1.82, 2.24) is 4.90 Å². The number of carbonyl (C=O) groups excluding carboxylic acids is 1. The molecule has 2 fully saturated rings. The number of benzene rings is 2. The summed E-state index contributed by atoms with van der Waals surface area (Å²) in [6, 6.07) is 16.5. The standard InChI is InChI=1S/C27H33NO2/c1-25(2)23-18-20-21(12-9-13-22(20)29)26(25,3)16-17-28(23)24(30)27(14-7-8-15-27)19-10-5-4-6-11-19/h4-6,9-13,23,29H,7-8,14-18H2,1-3H3/t23-,26+/m1/s1. The van der Waals surface area contributed by atoms with Crippen molar-refractivity contribution in [3.05, 3.63) is 65.2 Å². The maximum absolute atomic E-state index is 14.3. The monoisotopic (exact) mass is 403 g/mol. The van der Waals surface area contributed by atoms with E-state index in [0.717, 1.165) is 50.6 Å². The van der Waals surface area contributed by atoms with Crippen LogP contribution in [0.2, 0.25) is 0 Å². The number of phenolic OH excluding ortho intramolecular Hbond substituents is 1. The van der Waals surface area contributed by atoms with Gasteiger partial charge in [0.1, 0.15) is 5.75 Å². The highest BCUT2D eigenvalue weighted by atomic mass is 16.3. The molecule has 0 unspecified atom stereocenters. The Labute approximate surface area is 180 Å². The quantitative estimate of drug-likeness (QED) is 0.735. The Kier molecular flexibility index (Phi) is 4.33. The van der Waals surface area contributed by atoms with Crippen LogP contribution in [-0.4, -0.2) is 28.5 Å². The lowest BCUT2D eigenvalue weighted by molar-refractivity contribution is -0.150. The summed E-state index contributed by atoms with van der Waals surface area (Å²) in [7, 11) is 0. The molecule has 3 nitrogen and oxygen atoms in total. The van der Waals surface area contributed by atoms with Crippen LogP contribution in [0.1, 0.15) is 69.6 Å².